The van der Waals surface area contributed by atoms with Crippen molar-refractivity contribution in [1.29, 1.82) is 5.26 Å². The number of alkyl halides is 2. The number of nitriles is 1. The highest BCUT2D eigenvalue weighted by Gasteiger charge is 2.29. The van der Waals surface area contributed by atoms with E-state index in [0.29, 0.717) is 67.2 Å². The van der Waals surface area contributed by atoms with E-state index < -0.39 is 23.6 Å². The van der Waals surface area contributed by atoms with Crippen molar-refractivity contribution in [3.63, 3.8) is 0 Å². The first-order chi connectivity index (χ1) is 25.1. The highest BCUT2D eigenvalue weighted by atomic mass is 32.2. The van der Waals surface area contributed by atoms with Crippen LogP contribution in [0.1, 0.15) is 54.7 Å². The van der Waals surface area contributed by atoms with Gasteiger partial charge in [-0.15, -0.1) is 0 Å². The number of hydrogen-bond acceptors (Lipinski definition) is 10. The minimum absolute atomic E-state index is 0.0360. The molecule has 1 unspecified atom stereocenters. The zero-order valence-corrected chi connectivity index (χ0v) is 29.3. The fraction of sp³-hybridized carbons (Fsp3) is 0.429. The van der Waals surface area contributed by atoms with Gasteiger partial charge in [-0.2, -0.15) is 19.1 Å². The third-order valence-electron chi connectivity index (χ3n) is 9.89. The zero-order valence-electron chi connectivity index (χ0n) is 28.5. The van der Waals surface area contributed by atoms with Crippen molar-refractivity contribution < 1.29 is 27.3 Å². The molecule has 14 nitrogen and oxygen atoms in total. The molecule has 52 heavy (non-hydrogen) atoms. The molecule has 0 spiro atoms. The van der Waals surface area contributed by atoms with E-state index in [1.54, 1.807) is 16.8 Å². The average Bonchev–Trinajstić information content (AvgIpc) is 3.47. The van der Waals surface area contributed by atoms with Gasteiger partial charge in [0.1, 0.15) is 11.0 Å². The summed E-state index contributed by atoms with van der Waals surface area (Å²) in [6.07, 6.45) is 5.87. The van der Waals surface area contributed by atoms with Gasteiger partial charge in [0.15, 0.2) is 11.6 Å². The Hall–Kier alpha value is -5.05. The molecule has 2 N–H and O–H groups in total. The number of urea groups is 1. The summed E-state index contributed by atoms with van der Waals surface area (Å²) < 4.78 is 46.4. The van der Waals surface area contributed by atoms with E-state index >= 15 is 0 Å². The van der Waals surface area contributed by atoms with E-state index in [1.165, 1.54) is 22.9 Å². The molecule has 0 bridgehead atoms. The first-order valence-electron chi connectivity index (χ1n) is 17.2. The minimum atomic E-state index is -2.94. The number of ether oxygens (including phenoxy) is 1. The first kappa shape index (κ1) is 35.4. The van der Waals surface area contributed by atoms with Crippen LogP contribution in [0.15, 0.2) is 53.7 Å². The van der Waals surface area contributed by atoms with Gasteiger partial charge >= 0.3 is 12.6 Å². The van der Waals surface area contributed by atoms with Crippen LogP contribution in [0.2, 0.25) is 0 Å². The number of imide groups is 1. The molecule has 3 fully saturated rings. The van der Waals surface area contributed by atoms with Crippen LogP contribution < -0.4 is 20.3 Å². The Kier molecular flexibility index (Phi) is 10.4. The molecule has 3 aliphatic heterocycles. The molecular formula is C35H38F2N10O4S. The average molecular weight is 733 g/mol. The van der Waals surface area contributed by atoms with Gasteiger partial charge in [-0.05, 0) is 86.1 Å². The number of benzene rings is 2. The topological polar surface area (TPSA) is 162 Å². The molecule has 1 atom stereocenters. The monoisotopic (exact) mass is 732 g/mol. The maximum Gasteiger partial charge on any atom is 0.387 e. The number of amides is 3. The number of halogens is 2. The van der Waals surface area contributed by atoms with Crippen LogP contribution in [0.5, 0.6) is 5.75 Å². The maximum absolute atomic E-state index is 13.6. The van der Waals surface area contributed by atoms with Crippen LogP contribution in [-0.2, 0) is 29.4 Å². The third kappa shape index (κ3) is 7.73. The number of aromatic nitrogens is 4. The molecule has 2 aromatic heterocycles. The summed E-state index contributed by atoms with van der Waals surface area (Å²) in [4.78, 5) is 36.7. The summed E-state index contributed by atoms with van der Waals surface area (Å²) in [5.74, 6) is 0.805. The first-order valence-corrected chi connectivity index (χ1v) is 18.3. The minimum Gasteiger partial charge on any atom is -0.432 e. The number of piperidine rings is 2. The second-order valence-electron chi connectivity index (χ2n) is 13.2. The fourth-order valence-corrected chi connectivity index (χ4v) is 8.38. The molecule has 272 valence electrons. The van der Waals surface area contributed by atoms with Crippen LogP contribution in [0, 0.1) is 11.3 Å². The highest BCUT2D eigenvalue weighted by molar-refractivity contribution is 7.82. The molecule has 0 saturated carbocycles. The molecule has 17 heteroatoms. The van der Waals surface area contributed by atoms with Gasteiger partial charge in [-0.25, -0.2) is 23.3 Å². The number of anilines is 2. The van der Waals surface area contributed by atoms with E-state index in [0.717, 1.165) is 42.4 Å². The lowest BCUT2D eigenvalue weighted by Crippen LogP contribution is -2.49. The van der Waals surface area contributed by atoms with Crippen LogP contribution >= 0.6 is 0 Å². The lowest BCUT2D eigenvalue weighted by molar-refractivity contribution is -0.120. The van der Waals surface area contributed by atoms with Crippen LogP contribution in [0.25, 0.3) is 10.9 Å². The largest absolute Gasteiger partial charge is 0.432 e. The molecule has 4 aromatic rings. The molecule has 7 rings (SSSR count). The summed E-state index contributed by atoms with van der Waals surface area (Å²) in [5, 5.41) is 20.9. The van der Waals surface area contributed by atoms with E-state index in [4.69, 9.17) is 0 Å². The third-order valence-corrected chi connectivity index (χ3v) is 11.4. The predicted molar refractivity (Wildman–Crippen MR) is 188 cm³/mol. The Labute approximate surface area is 301 Å². The molecule has 5 heterocycles. The molecular weight excluding hydrogens is 695 g/mol. The van der Waals surface area contributed by atoms with E-state index in [1.807, 2.05) is 23.5 Å². The molecule has 0 aliphatic carbocycles. The van der Waals surface area contributed by atoms with Crippen LogP contribution in [0.3, 0.4) is 0 Å². The van der Waals surface area contributed by atoms with Crippen molar-refractivity contribution >= 4 is 45.6 Å². The van der Waals surface area contributed by atoms with E-state index in [2.05, 4.69) is 53.5 Å². The van der Waals surface area contributed by atoms with Crippen LogP contribution in [0.4, 0.5) is 25.3 Å². The summed E-state index contributed by atoms with van der Waals surface area (Å²) >= 11 is 0. The summed E-state index contributed by atoms with van der Waals surface area (Å²) in [6, 6.07) is 13.6. The number of aryl methyl sites for hydroxylation is 1. The van der Waals surface area contributed by atoms with Gasteiger partial charge in [0.25, 0.3) is 0 Å². The SMILES string of the molecule is Cn1nc(N2CCC(=O)NC2=O)c2ccc(C3CCN(Cc4cc(S(=O)N5CCC(Nc6ncc(OC(F)F)cn6)CC5)ccc4C#N)CC3)cc21. The smallest absolute Gasteiger partial charge is 0.387 e. The number of likely N-dealkylation sites (tertiary alicyclic amines) is 1. The molecule has 3 saturated heterocycles. The highest BCUT2D eigenvalue weighted by Crippen LogP contribution is 2.34. The number of nitrogens with one attached hydrogen (secondary N) is 2. The maximum atomic E-state index is 13.6. The van der Waals surface area contributed by atoms with Crippen molar-refractivity contribution in [3.8, 4) is 11.8 Å². The molecule has 3 amide bonds. The summed E-state index contributed by atoms with van der Waals surface area (Å²) in [7, 11) is 0.452. The molecule has 2 aromatic carbocycles. The van der Waals surface area contributed by atoms with Crippen molar-refractivity contribution in [1.82, 2.24) is 34.3 Å². The number of carbonyl (C=O) groups excluding carboxylic acids is 2. The van der Waals surface area contributed by atoms with Gasteiger partial charge in [0.2, 0.25) is 11.9 Å². The predicted octanol–water partition coefficient (Wildman–Crippen LogP) is 4.26. The van der Waals surface area contributed by atoms with Gasteiger partial charge in [0, 0.05) is 51.1 Å². The Bertz CT molecular complexity index is 2020. The van der Waals surface area contributed by atoms with Gasteiger partial charge in [-0.1, -0.05) is 6.07 Å². The Balaban J connectivity index is 0.940. The standard InChI is InChI=1S/C35H38F2N10O4S/c1-44-30-17-23(3-5-29(30)32(43-44)47-15-10-31(48)42-35(47)49)22-6-11-45(12-7-22)21-25-16-28(4-2-24(25)18-38)52(50)46-13-8-26(9-14-46)41-34-39-19-27(20-40-34)51-33(36)37/h2-5,16-17,19-20,22,26,33H,6-15,21H2,1H3,(H,39,40,41)(H,42,48,49). The Morgan fingerprint density at radius 3 is 2.48 bits per heavy atom. The number of hydrogen-bond donors (Lipinski definition) is 2. The van der Waals surface area contributed by atoms with Crippen molar-refractivity contribution in [2.24, 2.45) is 7.05 Å². The fourth-order valence-electron chi connectivity index (χ4n) is 7.11. The van der Waals surface area contributed by atoms with Crippen molar-refractivity contribution in [3.05, 3.63) is 65.5 Å². The van der Waals surface area contributed by atoms with Gasteiger partial charge in [0.05, 0.1) is 34.4 Å². The van der Waals surface area contributed by atoms with Gasteiger partial charge in [-0.3, -0.25) is 24.6 Å². The quantitative estimate of drug-likeness (QED) is 0.241. The lowest BCUT2D eigenvalue weighted by Gasteiger charge is -2.33. The van der Waals surface area contributed by atoms with E-state index in [-0.39, 0.29) is 24.1 Å². The molecule has 0 radical (unpaired) electrons. The number of fused-ring (bicyclic) bond motifs is 1. The summed E-state index contributed by atoms with van der Waals surface area (Å²) in [6.45, 7) is 0.750. The van der Waals surface area contributed by atoms with Gasteiger partial charge < -0.3 is 10.1 Å². The Morgan fingerprint density at radius 1 is 1.04 bits per heavy atom. The van der Waals surface area contributed by atoms with Crippen LogP contribution in [-0.4, -0.2) is 90.5 Å². The zero-order chi connectivity index (χ0) is 36.4. The second kappa shape index (κ2) is 15.3. The number of rotatable bonds is 10. The van der Waals surface area contributed by atoms with Crippen molar-refractivity contribution in [2.75, 3.05) is 42.9 Å². The van der Waals surface area contributed by atoms with E-state index in [9.17, 15) is 27.8 Å². The van der Waals surface area contributed by atoms with Crippen molar-refractivity contribution in [2.45, 2.75) is 62.1 Å². The number of carbonyl (C=O) groups is 2. The molecule has 3 aliphatic rings. The normalized spacial score (nSPS) is 18.8. The lowest BCUT2D eigenvalue weighted by atomic mass is 9.88. The summed E-state index contributed by atoms with van der Waals surface area (Å²) in [5.41, 5.74) is 3.55. The second-order valence-corrected chi connectivity index (χ2v) is 14.7. The number of nitrogens with zero attached hydrogens (tertiary/aromatic N) is 8. The Morgan fingerprint density at radius 2 is 1.79 bits per heavy atom.